The maximum absolute atomic E-state index is 13.4. The van der Waals surface area contributed by atoms with Gasteiger partial charge in [0, 0.05) is 19.8 Å². The number of carbonyl (C=O) groups excluding carboxylic acids is 1. The molecule has 0 spiro atoms. The maximum Gasteiger partial charge on any atom is 0.237 e. The van der Waals surface area contributed by atoms with Gasteiger partial charge in [-0.15, -0.1) is 0 Å². The Bertz CT molecular complexity index is 447. The SMILES string of the molecule is NC(C(=O)NCCc1ccccc1F)C1CCOCC1. The van der Waals surface area contributed by atoms with E-state index in [1.807, 2.05) is 0 Å². The third-order valence-electron chi connectivity index (χ3n) is 3.73. The number of nitrogens with one attached hydrogen (secondary N) is 1. The standard InChI is InChI=1S/C15H21FN2O2/c16-13-4-2-1-3-11(13)5-8-18-15(19)14(17)12-6-9-20-10-7-12/h1-4,12,14H,5-10,17H2,(H,18,19). The molecule has 0 aliphatic carbocycles. The zero-order valence-corrected chi connectivity index (χ0v) is 11.5. The van der Waals surface area contributed by atoms with Gasteiger partial charge in [-0.25, -0.2) is 4.39 Å². The molecule has 1 fully saturated rings. The van der Waals surface area contributed by atoms with Crippen LogP contribution >= 0.6 is 0 Å². The molecule has 110 valence electrons. The Morgan fingerprint density at radius 1 is 1.40 bits per heavy atom. The Kier molecular flexibility index (Phi) is 5.49. The molecule has 1 atom stereocenters. The Balaban J connectivity index is 1.76. The van der Waals surface area contributed by atoms with Crippen molar-refractivity contribution in [3.63, 3.8) is 0 Å². The van der Waals surface area contributed by atoms with Gasteiger partial charge in [-0.3, -0.25) is 4.79 Å². The number of halogens is 1. The van der Waals surface area contributed by atoms with Gasteiger partial charge in [0.05, 0.1) is 6.04 Å². The first-order chi connectivity index (χ1) is 9.68. The van der Waals surface area contributed by atoms with Gasteiger partial charge in [0.15, 0.2) is 0 Å². The highest BCUT2D eigenvalue weighted by atomic mass is 19.1. The van der Waals surface area contributed by atoms with Crippen LogP contribution in [-0.4, -0.2) is 31.7 Å². The number of hydrogen-bond acceptors (Lipinski definition) is 3. The Labute approximate surface area is 118 Å². The van der Waals surface area contributed by atoms with Crippen molar-refractivity contribution in [3.05, 3.63) is 35.6 Å². The summed E-state index contributed by atoms with van der Waals surface area (Å²) in [5.74, 6) is -0.221. The van der Waals surface area contributed by atoms with E-state index in [0.717, 1.165) is 12.8 Å². The van der Waals surface area contributed by atoms with E-state index in [-0.39, 0.29) is 17.6 Å². The normalized spacial score (nSPS) is 17.7. The van der Waals surface area contributed by atoms with Gasteiger partial charge in [0.1, 0.15) is 5.82 Å². The monoisotopic (exact) mass is 280 g/mol. The van der Waals surface area contributed by atoms with E-state index in [0.29, 0.717) is 31.7 Å². The Morgan fingerprint density at radius 3 is 2.80 bits per heavy atom. The van der Waals surface area contributed by atoms with Crippen molar-refractivity contribution in [1.29, 1.82) is 0 Å². The molecule has 0 bridgehead atoms. The molecule has 1 aliphatic heterocycles. The molecule has 4 nitrogen and oxygen atoms in total. The molecule has 1 saturated heterocycles. The largest absolute Gasteiger partial charge is 0.381 e. The number of nitrogens with two attached hydrogens (primary N) is 1. The van der Waals surface area contributed by atoms with Crippen LogP contribution in [0.3, 0.4) is 0 Å². The molecule has 1 amide bonds. The van der Waals surface area contributed by atoms with Gasteiger partial charge in [0.2, 0.25) is 5.91 Å². The average Bonchev–Trinajstić information content (AvgIpc) is 2.49. The van der Waals surface area contributed by atoms with Crippen LogP contribution < -0.4 is 11.1 Å². The summed E-state index contributed by atoms with van der Waals surface area (Å²) in [5.41, 5.74) is 6.56. The van der Waals surface area contributed by atoms with E-state index in [1.165, 1.54) is 6.07 Å². The summed E-state index contributed by atoms with van der Waals surface area (Å²) in [6.07, 6.45) is 2.11. The van der Waals surface area contributed by atoms with Crippen molar-refractivity contribution < 1.29 is 13.9 Å². The van der Waals surface area contributed by atoms with E-state index in [2.05, 4.69) is 5.32 Å². The van der Waals surface area contributed by atoms with Crippen molar-refractivity contribution in [1.82, 2.24) is 5.32 Å². The summed E-state index contributed by atoms with van der Waals surface area (Å²) in [4.78, 5) is 11.9. The minimum Gasteiger partial charge on any atom is -0.381 e. The van der Waals surface area contributed by atoms with E-state index in [9.17, 15) is 9.18 Å². The summed E-state index contributed by atoms with van der Waals surface area (Å²) in [6.45, 7) is 1.73. The molecular formula is C15H21FN2O2. The lowest BCUT2D eigenvalue weighted by atomic mass is 9.92. The second-order valence-corrected chi connectivity index (χ2v) is 5.11. The Hall–Kier alpha value is -1.46. The van der Waals surface area contributed by atoms with Crippen LogP contribution in [0.4, 0.5) is 4.39 Å². The first-order valence-corrected chi connectivity index (χ1v) is 7.03. The number of benzene rings is 1. The van der Waals surface area contributed by atoms with Gasteiger partial charge < -0.3 is 15.8 Å². The predicted octanol–water partition coefficient (Wildman–Crippen LogP) is 1.24. The summed E-state index contributed by atoms with van der Waals surface area (Å²) < 4.78 is 18.7. The molecule has 3 N–H and O–H groups in total. The lowest BCUT2D eigenvalue weighted by Gasteiger charge is -2.26. The van der Waals surface area contributed by atoms with Crippen LogP contribution in [0.1, 0.15) is 18.4 Å². The highest BCUT2D eigenvalue weighted by Crippen LogP contribution is 2.17. The molecule has 0 saturated carbocycles. The molecule has 1 aromatic rings. The molecule has 0 aromatic heterocycles. The van der Waals surface area contributed by atoms with Gasteiger partial charge in [0.25, 0.3) is 0 Å². The van der Waals surface area contributed by atoms with Gasteiger partial charge in [-0.1, -0.05) is 18.2 Å². The maximum atomic E-state index is 13.4. The molecule has 20 heavy (non-hydrogen) atoms. The van der Waals surface area contributed by atoms with E-state index in [4.69, 9.17) is 10.5 Å². The number of hydrogen-bond donors (Lipinski definition) is 2. The highest BCUT2D eigenvalue weighted by Gasteiger charge is 2.26. The lowest BCUT2D eigenvalue weighted by Crippen LogP contribution is -2.47. The van der Waals surface area contributed by atoms with Crippen molar-refractivity contribution >= 4 is 5.91 Å². The highest BCUT2D eigenvalue weighted by molar-refractivity contribution is 5.81. The third-order valence-corrected chi connectivity index (χ3v) is 3.73. The van der Waals surface area contributed by atoms with E-state index in [1.54, 1.807) is 18.2 Å². The number of rotatable bonds is 5. The third kappa shape index (κ3) is 4.02. The van der Waals surface area contributed by atoms with Crippen LogP contribution in [0.2, 0.25) is 0 Å². The Morgan fingerprint density at radius 2 is 2.10 bits per heavy atom. The van der Waals surface area contributed by atoms with Crippen molar-refractivity contribution in [2.45, 2.75) is 25.3 Å². The van der Waals surface area contributed by atoms with Crippen LogP contribution in [0, 0.1) is 11.7 Å². The number of ether oxygens (including phenoxy) is 1. The summed E-state index contributed by atoms with van der Waals surface area (Å²) >= 11 is 0. The first-order valence-electron chi connectivity index (χ1n) is 7.03. The fourth-order valence-corrected chi connectivity index (χ4v) is 2.43. The summed E-state index contributed by atoms with van der Waals surface area (Å²) in [6, 6.07) is 6.08. The second-order valence-electron chi connectivity index (χ2n) is 5.11. The summed E-state index contributed by atoms with van der Waals surface area (Å²) in [7, 11) is 0. The molecule has 0 radical (unpaired) electrons. The fourth-order valence-electron chi connectivity index (χ4n) is 2.43. The number of amides is 1. The number of carbonyl (C=O) groups is 1. The minimum atomic E-state index is -0.500. The molecule has 1 heterocycles. The van der Waals surface area contributed by atoms with E-state index >= 15 is 0 Å². The predicted molar refractivity (Wildman–Crippen MR) is 74.6 cm³/mol. The smallest absolute Gasteiger partial charge is 0.237 e. The lowest BCUT2D eigenvalue weighted by molar-refractivity contribution is -0.124. The first kappa shape index (κ1) is 14.9. The topological polar surface area (TPSA) is 64.4 Å². The molecule has 1 aromatic carbocycles. The molecule has 1 aliphatic rings. The van der Waals surface area contributed by atoms with E-state index < -0.39 is 6.04 Å². The molecule has 5 heteroatoms. The fraction of sp³-hybridized carbons (Fsp3) is 0.533. The van der Waals surface area contributed by atoms with Gasteiger partial charge in [-0.05, 0) is 36.8 Å². The van der Waals surface area contributed by atoms with Crippen molar-refractivity contribution in [2.75, 3.05) is 19.8 Å². The van der Waals surface area contributed by atoms with Crippen molar-refractivity contribution in [3.8, 4) is 0 Å². The van der Waals surface area contributed by atoms with Crippen LogP contribution in [-0.2, 0) is 16.0 Å². The minimum absolute atomic E-state index is 0.159. The molecule has 1 unspecified atom stereocenters. The van der Waals surface area contributed by atoms with Gasteiger partial charge >= 0.3 is 0 Å². The van der Waals surface area contributed by atoms with Crippen LogP contribution in [0.5, 0.6) is 0 Å². The zero-order chi connectivity index (χ0) is 14.4. The van der Waals surface area contributed by atoms with Crippen LogP contribution in [0.15, 0.2) is 24.3 Å². The molecule has 2 rings (SSSR count). The average molecular weight is 280 g/mol. The van der Waals surface area contributed by atoms with Gasteiger partial charge in [-0.2, -0.15) is 0 Å². The second kappa shape index (κ2) is 7.36. The van der Waals surface area contributed by atoms with Crippen molar-refractivity contribution in [2.24, 2.45) is 11.7 Å². The summed E-state index contributed by atoms with van der Waals surface area (Å²) in [5, 5.41) is 2.78. The molecular weight excluding hydrogens is 259 g/mol. The zero-order valence-electron chi connectivity index (χ0n) is 11.5. The quantitative estimate of drug-likeness (QED) is 0.853. The van der Waals surface area contributed by atoms with Crippen LogP contribution in [0.25, 0.3) is 0 Å².